The average Bonchev–Trinajstić information content (AvgIpc) is 2.63. The zero-order valence-electron chi connectivity index (χ0n) is 20.4. The maximum atomic E-state index is 12.2. The molecular formula is C28H42O2. The van der Waals surface area contributed by atoms with Crippen molar-refractivity contribution in [1.82, 2.24) is 0 Å². The van der Waals surface area contributed by atoms with Gasteiger partial charge in [-0.15, -0.1) is 0 Å². The molecule has 1 aliphatic rings. The predicted molar refractivity (Wildman–Crippen MR) is 130 cm³/mol. The summed E-state index contributed by atoms with van der Waals surface area (Å²) in [4.78, 5) is 23.9. The first-order chi connectivity index (χ1) is 14.0. The van der Waals surface area contributed by atoms with Crippen LogP contribution in [-0.2, 0) is 9.59 Å². The zero-order chi connectivity index (χ0) is 22.7. The summed E-state index contributed by atoms with van der Waals surface area (Å²) in [6.07, 6.45) is 18.3. The van der Waals surface area contributed by atoms with Crippen LogP contribution in [0.2, 0.25) is 0 Å². The van der Waals surface area contributed by atoms with E-state index in [4.69, 9.17) is 0 Å². The van der Waals surface area contributed by atoms with Crippen molar-refractivity contribution >= 4 is 11.6 Å². The van der Waals surface area contributed by atoms with Crippen molar-refractivity contribution < 1.29 is 9.59 Å². The molecule has 0 fully saturated rings. The van der Waals surface area contributed by atoms with E-state index in [1.165, 1.54) is 28.9 Å². The fraction of sp³-hybridized carbons (Fsp3) is 0.571. The summed E-state index contributed by atoms with van der Waals surface area (Å²) in [5.41, 5.74) is 5.72. The van der Waals surface area contributed by atoms with Crippen LogP contribution in [0, 0.1) is 5.41 Å². The number of ketones is 2. The Morgan fingerprint density at radius 3 is 2.00 bits per heavy atom. The van der Waals surface area contributed by atoms with Crippen LogP contribution in [0.1, 0.15) is 99.8 Å². The van der Waals surface area contributed by atoms with Gasteiger partial charge in [0.2, 0.25) is 0 Å². The second-order valence-corrected chi connectivity index (χ2v) is 9.89. The third kappa shape index (κ3) is 10.7. The number of rotatable bonds is 12. The van der Waals surface area contributed by atoms with E-state index in [1.54, 1.807) is 6.92 Å². The summed E-state index contributed by atoms with van der Waals surface area (Å²) in [5, 5.41) is 0. The lowest BCUT2D eigenvalue weighted by atomic mass is 9.80. The van der Waals surface area contributed by atoms with Crippen molar-refractivity contribution in [3.63, 3.8) is 0 Å². The molecule has 0 aromatic carbocycles. The van der Waals surface area contributed by atoms with Gasteiger partial charge in [-0.1, -0.05) is 48.8 Å². The molecule has 1 rings (SSSR count). The Balaban J connectivity index is 2.38. The smallest absolute Gasteiger partial charge is 0.184 e. The maximum Gasteiger partial charge on any atom is 0.184 e. The van der Waals surface area contributed by atoms with Crippen LogP contribution < -0.4 is 0 Å². The number of carbonyl (C=O) groups is 2. The molecule has 0 aromatic rings. The summed E-state index contributed by atoms with van der Waals surface area (Å²) >= 11 is 0. The molecule has 0 unspecified atom stereocenters. The maximum absolute atomic E-state index is 12.2. The fourth-order valence-corrected chi connectivity index (χ4v) is 3.64. The molecule has 2 nitrogen and oxygen atoms in total. The summed E-state index contributed by atoms with van der Waals surface area (Å²) in [6, 6.07) is 0. The van der Waals surface area contributed by atoms with Gasteiger partial charge < -0.3 is 0 Å². The molecule has 0 heterocycles. The van der Waals surface area contributed by atoms with Crippen LogP contribution in [0.25, 0.3) is 0 Å². The SMILES string of the molecule is CC(C)=CCC/C(C)=C/CC/C(C)=C/CCC(C)(C)CCC1=CC(=O)C=C(C)C1=O. The molecule has 0 saturated carbocycles. The van der Waals surface area contributed by atoms with Crippen LogP contribution in [0.3, 0.4) is 0 Å². The topological polar surface area (TPSA) is 34.1 Å². The lowest BCUT2D eigenvalue weighted by molar-refractivity contribution is -0.115. The third-order valence-electron chi connectivity index (χ3n) is 5.83. The van der Waals surface area contributed by atoms with Crippen LogP contribution in [0.5, 0.6) is 0 Å². The highest BCUT2D eigenvalue weighted by atomic mass is 16.1. The fourth-order valence-electron chi connectivity index (χ4n) is 3.64. The first-order valence-electron chi connectivity index (χ1n) is 11.4. The predicted octanol–water partition coefficient (Wildman–Crippen LogP) is 8.02. The van der Waals surface area contributed by atoms with E-state index < -0.39 is 0 Å². The quantitative estimate of drug-likeness (QED) is 0.241. The number of hydrogen-bond acceptors (Lipinski definition) is 2. The van der Waals surface area contributed by atoms with Gasteiger partial charge in [-0.25, -0.2) is 0 Å². The van der Waals surface area contributed by atoms with E-state index in [0.717, 1.165) is 44.9 Å². The Labute approximate surface area is 184 Å². The molecule has 0 amide bonds. The standard InChI is InChI=1S/C28H42O2/c1-21(2)11-8-12-22(3)13-9-14-23(4)15-10-17-28(6,7)18-16-25-20-26(29)19-24(5)27(25)30/h11,13,15,19-20H,8-10,12,14,16-18H2,1-7H3/b22-13+,23-15+. The lowest BCUT2D eigenvalue weighted by Crippen LogP contribution is -2.16. The molecule has 0 spiro atoms. The van der Waals surface area contributed by atoms with Gasteiger partial charge in [0, 0.05) is 11.1 Å². The summed E-state index contributed by atoms with van der Waals surface area (Å²) in [5.74, 6) is -0.0231. The number of Topliss-reactive ketones (excluding diaryl/α,β-unsaturated/α-hetero) is 1. The Hall–Kier alpha value is -1.96. The number of hydrogen-bond donors (Lipinski definition) is 0. The molecule has 0 saturated heterocycles. The van der Waals surface area contributed by atoms with Gasteiger partial charge in [-0.3, -0.25) is 9.59 Å². The zero-order valence-corrected chi connectivity index (χ0v) is 20.4. The molecule has 0 N–H and O–H groups in total. The highest BCUT2D eigenvalue weighted by Crippen LogP contribution is 2.32. The minimum atomic E-state index is -0.0558. The molecule has 1 aliphatic carbocycles. The minimum absolute atomic E-state index is 0.0327. The Kier molecular flexibility index (Phi) is 11.0. The van der Waals surface area contributed by atoms with Crippen LogP contribution >= 0.6 is 0 Å². The minimum Gasteiger partial charge on any atom is -0.290 e. The van der Waals surface area contributed by atoms with E-state index in [2.05, 4.69) is 59.8 Å². The molecule has 0 radical (unpaired) electrons. The van der Waals surface area contributed by atoms with Crippen molar-refractivity contribution in [3.8, 4) is 0 Å². The van der Waals surface area contributed by atoms with Gasteiger partial charge in [0.25, 0.3) is 0 Å². The van der Waals surface area contributed by atoms with Crippen LogP contribution in [0.4, 0.5) is 0 Å². The molecule has 0 aromatic heterocycles. The van der Waals surface area contributed by atoms with Gasteiger partial charge in [0.05, 0.1) is 0 Å². The van der Waals surface area contributed by atoms with Gasteiger partial charge in [-0.2, -0.15) is 0 Å². The largest absolute Gasteiger partial charge is 0.290 e. The summed E-state index contributed by atoms with van der Waals surface area (Å²) in [6.45, 7) is 15.0. The molecular weight excluding hydrogens is 368 g/mol. The van der Waals surface area contributed by atoms with Crippen molar-refractivity contribution in [1.29, 1.82) is 0 Å². The monoisotopic (exact) mass is 410 g/mol. The first-order valence-corrected chi connectivity index (χ1v) is 11.4. The molecule has 0 aliphatic heterocycles. The Bertz CT molecular complexity index is 762. The summed E-state index contributed by atoms with van der Waals surface area (Å²) < 4.78 is 0. The van der Waals surface area contributed by atoms with E-state index in [9.17, 15) is 9.59 Å². The number of carbonyl (C=O) groups excluding carboxylic acids is 2. The van der Waals surface area contributed by atoms with Gasteiger partial charge in [0.15, 0.2) is 11.6 Å². The molecule has 166 valence electrons. The van der Waals surface area contributed by atoms with Gasteiger partial charge in [0.1, 0.15) is 0 Å². The highest BCUT2D eigenvalue weighted by molar-refractivity contribution is 6.19. The Morgan fingerprint density at radius 2 is 1.40 bits per heavy atom. The van der Waals surface area contributed by atoms with E-state index >= 15 is 0 Å². The second kappa shape index (κ2) is 12.7. The molecule has 0 atom stereocenters. The summed E-state index contributed by atoms with van der Waals surface area (Å²) in [7, 11) is 0. The molecule has 0 bridgehead atoms. The van der Waals surface area contributed by atoms with Crippen LogP contribution in [-0.4, -0.2) is 11.6 Å². The van der Waals surface area contributed by atoms with Crippen molar-refractivity contribution in [2.45, 2.75) is 99.8 Å². The highest BCUT2D eigenvalue weighted by Gasteiger charge is 2.22. The van der Waals surface area contributed by atoms with E-state index in [1.807, 2.05) is 0 Å². The van der Waals surface area contributed by atoms with Gasteiger partial charge in [-0.05, 0) is 104 Å². The normalized spacial score (nSPS) is 15.8. The van der Waals surface area contributed by atoms with E-state index in [-0.39, 0.29) is 17.0 Å². The van der Waals surface area contributed by atoms with E-state index in [0.29, 0.717) is 17.6 Å². The molecule has 30 heavy (non-hydrogen) atoms. The van der Waals surface area contributed by atoms with Crippen molar-refractivity contribution in [3.05, 3.63) is 58.2 Å². The van der Waals surface area contributed by atoms with Crippen molar-refractivity contribution in [2.75, 3.05) is 0 Å². The van der Waals surface area contributed by atoms with Crippen molar-refractivity contribution in [2.24, 2.45) is 5.41 Å². The Morgan fingerprint density at radius 1 is 0.833 bits per heavy atom. The second-order valence-electron chi connectivity index (χ2n) is 9.89. The first kappa shape index (κ1) is 26.1. The average molecular weight is 411 g/mol. The molecule has 2 heteroatoms. The third-order valence-corrected chi connectivity index (χ3v) is 5.83. The number of allylic oxidation sites excluding steroid dienone is 10. The van der Waals surface area contributed by atoms with Gasteiger partial charge >= 0.3 is 0 Å². The lowest BCUT2D eigenvalue weighted by Gasteiger charge is -2.25. The van der Waals surface area contributed by atoms with Crippen LogP contribution in [0.15, 0.2) is 58.2 Å².